The van der Waals surface area contributed by atoms with E-state index in [2.05, 4.69) is 151 Å². The van der Waals surface area contributed by atoms with Crippen LogP contribution < -0.4 is 15.8 Å². The average molecular weight is 629 g/mol. The number of aryl methyl sites for hydroxylation is 2. The van der Waals surface area contributed by atoms with Crippen LogP contribution in [0.4, 0.5) is 17.1 Å². The first-order valence-electron chi connectivity index (χ1n) is 17.6. The highest BCUT2D eigenvalue weighted by atomic mass is 16.3. The molecule has 11 rings (SSSR count). The van der Waals surface area contributed by atoms with Crippen molar-refractivity contribution < 1.29 is 4.42 Å². The Labute approximate surface area is 285 Å². The van der Waals surface area contributed by atoms with Crippen LogP contribution in [0.5, 0.6) is 0 Å². The summed E-state index contributed by atoms with van der Waals surface area (Å²) in [5, 5.41) is 7.54. The second-order valence-corrected chi connectivity index (χ2v) is 14.0. The van der Waals surface area contributed by atoms with E-state index in [0.717, 1.165) is 17.6 Å². The third-order valence-corrected chi connectivity index (χ3v) is 11.1. The van der Waals surface area contributed by atoms with Crippen molar-refractivity contribution in [3.8, 4) is 11.1 Å². The number of anilines is 3. The fourth-order valence-electron chi connectivity index (χ4n) is 9.22. The molecule has 2 aromatic heterocycles. The smallest absolute Gasteiger partial charge is 0.333 e. The predicted molar refractivity (Wildman–Crippen MR) is 208 cm³/mol. The van der Waals surface area contributed by atoms with Gasteiger partial charge in [-0.05, 0) is 88.5 Å². The minimum Gasteiger partial charge on any atom is -0.456 e. The van der Waals surface area contributed by atoms with Crippen molar-refractivity contribution in [1.29, 1.82) is 0 Å². The molecule has 3 nitrogen and oxygen atoms in total. The Morgan fingerprint density at radius 3 is 2.35 bits per heavy atom. The van der Waals surface area contributed by atoms with E-state index in [0.29, 0.717) is 0 Å². The van der Waals surface area contributed by atoms with Gasteiger partial charge in [0.2, 0.25) is 0 Å². The van der Waals surface area contributed by atoms with Gasteiger partial charge < -0.3 is 13.8 Å². The van der Waals surface area contributed by atoms with Gasteiger partial charge in [-0.25, -0.2) is 0 Å². The van der Waals surface area contributed by atoms with Crippen LogP contribution in [-0.4, -0.2) is 11.3 Å². The third kappa shape index (κ3) is 3.58. The Balaban J connectivity index is 1.38. The van der Waals surface area contributed by atoms with Crippen LogP contribution in [0.3, 0.4) is 0 Å². The zero-order chi connectivity index (χ0) is 32.4. The quantitative estimate of drug-likeness (QED) is 0.181. The van der Waals surface area contributed by atoms with Crippen molar-refractivity contribution in [3.05, 3.63) is 139 Å². The molecule has 0 saturated heterocycles. The number of fused-ring (bicyclic) bond motifs is 13. The predicted octanol–water partition coefficient (Wildman–Crippen LogP) is 10.9. The highest BCUT2D eigenvalue weighted by Gasteiger charge is 2.44. The average Bonchev–Trinajstić information content (AvgIpc) is 3.68. The SMILES string of the molecule is CCCCc1cc(C)cc(N2c3cc4oc5ccccc5c4c4c3B(c3c2ccc2ccccc32)n2c3ccccc3c3cccc-4c32)c1. The molecule has 4 heteroatoms. The number of unbranched alkanes of at least 4 members (excludes halogenated alkanes) is 1. The minimum atomic E-state index is -0.0258. The van der Waals surface area contributed by atoms with Gasteiger partial charge in [0.15, 0.2) is 0 Å². The summed E-state index contributed by atoms with van der Waals surface area (Å²) in [5.74, 6) is 0. The molecule has 4 heterocycles. The highest BCUT2D eigenvalue weighted by Crippen LogP contribution is 2.50. The van der Waals surface area contributed by atoms with Crippen LogP contribution in [-0.2, 0) is 6.42 Å². The van der Waals surface area contributed by atoms with Crippen molar-refractivity contribution in [3.63, 3.8) is 0 Å². The molecule has 0 radical (unpaired) electrons. The molecule has 2 aliphatic rings. The topological polar surface area (TPSA) is 21.3 Å². The van der Waals surface area contributed by atoms with E-state index in [9.17, 15) is 0 Å². The fraction of sp³-hybridized carbons (Fsp3) is 0.111. The largest absolute Gasteiger partial charge is 0.456 e. The van der Waals surface area contributed by atoms with Crippen LogP contribution >= 0.6 is 0 Å². The molecule has 0 N–H and O–H groups in total. The summed E-state index contributed by atoms with van der Waals surface area (Å²) in [6.07, 6.45) is 3.44. The van der Waals surface area contributed by atoms with Gasteiger partial charge in [0, 0.05) is 61.3 Å². The Hall–Kier alpha value is -5.74. The number of hydrogen-bond acceptors (Lipinski definition) is 2. The number of benzene rings is 7. The van der Waals surface area contributed by atoms with E-state index in [-0.39, 0.29) is 6.85 Å². The van der Waals surface area contributed by atoms with Gasteiger partial charge in [0.25, 0.3) is 0 Å². The van der Waals surface area contributed by atoms with E-state index < -0.39 is 0 Å². The van der Waals surface area contributed by atoms with Gasteiger partial charge in [-0.3, -0.25) is 0 Å². The molecule has 0 saturated carbocycles. The second-order valence-electron chi connectivity index (χ2n) is 14.0. The number of furan rings is 1. The molecule has 0 fully saturated rings. The van der Waals surface area contributed by atoms with E-state index in [4.69, 9.17) is 4.42 Å². The van der Waals surface area contributed by atoms with Gasteiger partial charge in [-0.15, -0.1) is 0 Å². The lowest BCUT2D eigenvalue weighted by Crippen LogP contribution is -2.57. The van der Waals surface area contributed by atoms with Crippen molar-refractivity contribution in [2.75, 3.05) is 4.90 Å². The molecule has 2 aliphatic heterocycles. The van der Waals surface area contributed by atoms with Crippen LogP contribution in [0.15, 0.2) is 132 Å². The number of rotatable bonds is 4. The van der Waals surface area contributed by atoms with E-state index in [1.54, 1.807) is 0 Å². The molecule has 0 bridgehead atoms. The number of nitrogens with zero attached hydrogens (tertiary/aromatic N) is 2. The Kier molecular flexibility index (Phi) is 5.50. The third-order valence-electron chi connectivity index (χ3n) is 11.1. The molecular formula is C45H33BN2O. The Morgan fingerprint density at radius 2 is 1.45 bits per heavy atom. The summed E-state index contributed by atoms with van der Waals surface area (Å²) in [6, 6.07) is 47.5. The second kappa shape index (κ2) is 9.90. The van der Waals surface area contributed by atoms with E-state index >= 15 is 0 Å². The number of aromatic nitrogens is 1. The van der Waals surface area contributed by atoms with Gasteiger partial charge in [0.05, 0.1) is 0 Å². The normalized spacial score (nSPS) is 13.3. The van der Waals surface area contributed by atoms with Crippen molar-refractivity contribution in [1.82, 2.24) is 4.48 Å². The maximum absolute atomic E-state index is 6.77. The summed E-state index contributed by atoms with van der Waals surface area (Å²) in [4.78, 5) is 2.54. The minimum absolute atomic E-state index is 0.0258. The van der Waals surface area contributed by atoms with Gasteiger partial charge in [-0.1, -0.05) is 104 Å². The molecule has 7 aromatic carbocycles. The lowest BCUT2D eigenvalue weighted by atomic mass is 9.44. The Bertz CT molecular complexity index is 2860. The summed E-state index contributed by atoms with van der Waals surface area (Å²) in [6.45, 7) is 4.49. The highest BCUT2D eigenvalue weighted by molar-refractivity contribution is 6.92. The maximum Gasteiger partial charge on any atom is 0.333 e. The molecule has 232 valence electrons. The van der Waals surface area contributed by atoms with E-state index in [1.165, 1.54) is 106 Å². The first-order chi connectivity index (χ1) is 24.2. The summed E-state index contributed by atoms with van der Waals surface area (Å²) >= 11 is 0. The van der Waals surface area contributed by atoms with Gasteiger partial charge in [-0.2, -0.15) is 0 Å². The van der Waals surface area contributed by atoms with Crippen LogP contribution in [0.25, 0.3) is 65.6 Å². The lowest BCUT2D eigenvalue weighted by Gasteiger charge is -2.41. The molecule has 49 heavy (non-hydrogen) atoms. The van der Waals surface area contributed by atoms with Crippen molar-refractivity contribution in [2.45, 2.75) is 33.1 Å². The van der Waals surface area contributed by atoms with Crippen molar-refractivity contribution in [2.24, 2.45) is 0 Å². The zero-order valence-electron chi connectivity index (χ0n) is 27.6. The molecule has 0 spiro atoms. The van der Waals surface area contributed by atoms with Crippen molar-refractivity contribution >= 4 is 89.4 Å². The molecular weight excluding hydrogens is 595 g/mol. The number of para-hydroxylation sites is 3. The lowest BCUT2D eigenvalue weighted by molar-refractivity contribution is 0.669. The van der Waals surface area contributed by atoms with Gasteiger partial charge >= 0.3 is 6.85 Å². The standard InChI is InChI=1S/C45H33BN2O/c1-3-4-12-28-23-27(2)24-30(25-28)47-37-22-21-29-13-5-6-14-31(29)43(37)46-44-38(47)26-40-41(34-16-8-10-20-39(34)49-40)42(44)35-18-11-17-33-32-15-7-9-19-36(32)48(46)45(33)35/h5-11,13-26H,3-4,12H2,1-2H3. The summed E-state index contributed by atoms with van der Waals surface area (Å²) in [7, 11) is 0. The molecule has 0 unspecified atom stereocenters. The summed E-state index contributed by atoms with van der Waals surface area (Å²) < 4.78 is 9.43. The zero-order valence-corrected chi connectivity index (χ0v) is 27.6. The van der Waals surface area contributed by atoms with Gasteiger partial charge in [0.1, 0.15) is 11.2 Å². The molecule has 9 aromatic rings. The molecule has 0 amide bonds. The number of hydrogen-bond donors (Lipinski definition) is 0. The Morgan fingerprint density at radius 1 is 0.653 bits per heavy atom. The maximum atomic E-state index is 6.77. The van der Waals surface area contributed by atoms with Crippen LogP contribution in [0.2, 0.25) is 0 Å². The monoisotopic (exact) mass is 628 g/mol. The van der Waals surface area contributed by atoms with E-state index in [1.807, 2.05) is 0 Å². The van der Waals surface area contributed by atoms with Crippen LogP contribution in [0.1, 0.15) is 30.9 Å². The fourth-order valence-corrected chi connectivity index (χ4v) is 9.22. The molecule has 0 aliphatic carbocycles. The molecule has 0 atom stereocenters. The summed E-state index contributed by atoms with van der Waals surface area (Å²) in [5.41, 5.74) is 16.0. The first-order valence-corrected chi connectivity index (χ1v) is 17.6. The van der Waals surface area contributed by atoms with Crippen LogP contribution in [0, 0.1) is 6.92 Å². The first kappa shape index (κ1) is 27.2.